The lowest BCUT2D eigenvalue weighted by Gasteiger charge is -2.26. The van der Waals surface area contributed by atoms with Crippen LogP contribution in [0.4, 0.5) is 0 Å². The molecule has 154 valence electrons. The van der Waals surface area contributed by atoms with Crippen LogP contribution in [0.2, 0.25) is 0 Å². The number of ether oxygens (including phenoxy) is 3. The van der Waals surface area contributed by atoms with Gasteiger partial charge in [-0.2, -0.15) is 0 Å². The highest BCUT2D eigenvalue weighted by Crippen LogP contribution is 2.47. The zero-order valence-electron chi connectivity index (χ0n) is 16.5. The Balaban J connectivity index is 0.00000392. The largest absolute Gasteiger partial charge is 0.497 e. The van der Waals surface area contributed by atoms with Crippen LogP contribution in [0.3, 0.4) is 0 Å². The minimum atomic E-state index is -3.22. The molecule has 0 saturated carbocycles. The summed E-state index contributed by atoms with van der Waals surface area (Å²) in [5.74, 6) is 0.0853. The van der Waals surface area contributed by atoms with Gasteiger partial charge in [0.25, 0.3) is 0 Å². The van der Waals surface area contributed by atoms with Gasteiger partial charge in [-0.25, -0.2) is 0 Å². The van der Waals surface area contributed by atoms with Gasteiger partial charge in [-0.1, -0.05) is 31.2 Å². The summed E-state index contributed by atoms with van der Waals surface area (Å²) >= 11 is 0. The van der Waals surface area contributed by atoms with E-state index in [0.29, 0.717) is 22.1 Å². The summed E-state index contributed by atoms with van der Waals surface area (Å²) in [6, 6.07) is 13.6. The zero-order valence-corrected chi connectivity index (χ0v) is 18.2. The number of carbonyl (C=O) groups excluding carboxylic acids is 1. The van der Waals surface area contributed by atoms with Crippen LogP contribution in [0.1, 0.15) is 6.92 Å². The normalized spacial score (nSPS) is 14.8. The summed E-state index contributed by atoms with van der Waals surface area (Å²) in [6.45, 7) is 1.68. The van der Waals surface area contributed by atoms with Gasteiger partial charge in [0.2, 0.25) is 0 Å². The summed E-state index contributed by atoms with van der Waals surface area (Å²) in [4.78, 5) is 11.9. The molecular weight excluding hydrogens is 401 g/mol. The van der Waals surface area contributed by atoms with Gasteiger partial charge in [0.15, 0.2) is 0 Å². The summed E-state index contributed by atoms with van der Waals surface area (Å²) in [5, 5.41) is 1.16. The molecule has 0 heterocycles. The Morgan fingerprint density at radius 2 is 1.75 bits per heavy atom. The van der Waals surface area contributed by atoms with Crippen molar-refractivity contribution in [2.24, 2.45) is 11.7 Å². The predicted octanol–water partition coefficient (Wildman–Crippen LogP) is 2.58. The maximum Gasteiger partial charge on any atom is 0.309 e. The first-order valence-electron chi connectivity index (χ1n) is 8.58. The minimum absolute atomic E-state index is 0. The van der Waals surface area contributed by atoms with Crippen LogP contribution in [0.15, 0.2) is 48.5 Å². The molecule has 2 aromatic rings. The molecule has 8 heteroatoms. The van der Waals surface area contributed by atoms with Crippen molar-refractivity contribution in [3.05, 3.63) is 48.5 Å². The molecule has 0 saturated heterocycles. The predicted molar refractivity (Wildman–Crippen MR) is 114 cm³/mol. The number of hydrogen-bond donors (Lipinski definition) is 1. The molecule has 0 amide bonds. The first-order chi connectivity index (χ1) is 12.9. The maximum atomic E-state index is 14.3. The number of rotatable bonds is 8. The molecule has 0 spiro atoms. The third-order valence-corrected chi connectivity index (χ3v) is 7.82. The van der Waals surface area contributed by atoms with Crippen molar-refractivity contribution in [2.75, 3.05) is 27.5 Å². The first-order valence-corrected chi connectivity index (χ1v) is 10.5. The average molecular weight is 428 g/mol. The Morgan fingerprint density at radius 1 is 1.07 bits per heavy atom. The second kappa shape index (κ2) is 10.5. The number of methoxy groups -OCH3 is 3. The van der Waals surface area contributed by atoms with Crippen LogP contribution in [0.5, 0.6) is 11.5 Å². The van der Waals surface area contributed by atoms with E-state index in [9.17, 15) is 9.36 Å². The highest BCUT2D eigenvalue weighted by atomic mass is 35.5. The Morgan fingerprint density at radius 3 is 2.36 bits per heavy atom. The Labute approximate surface area is 172 Å². The highest BCUT2D eigenvalue weighted by molar-refractivity contribution is 7.79. The van der Waals surface area contributed by atoms with Crippen molar-refractivity contribution in [3.8, 4) is 11.5 Å². The van der Waals surface area contributed by atoms with E-state index >= 15 is 0 Å². The summed E-state index contributed by atoms with van der Waals surface area (Å²) in [7, 11) is 1.18. The van der Waals surface area contributed by atoms with E-state index in [2.05, 4.69) is 0 Å². The van der Waals surface area contributed by atoms with Crippen LogP contribution >= 0.6 is 19.5 Å². The Hall–Kier alpha value is -2.01. The number of halogens is 1. The van der Waals surface area contributed by atoms with Crippen LogP contribution in [-0.4, -0.2) is 39.5 Å². The van der Waals surface area contributed by atoms with Gasteiger partial charge in [-0.3, -0.25) is 4.79 Å². The van der Waals surface area contributed by atoms with E-state index in [1.165, 1.54) is 14.2 Å². The van der Waals surface area contributed by atoms with Crippen LogP contribution in [0, 0.1) is 5.92 Å². The van der Waals surface area contributed by atoms with E-state index in [4.69, 9.17) is 19.9 Å². The maximum absolute atomic E-state index is 14.3. The molecule has 0 aliphatic rings. The third-order valence-electron chi connectivity index (χ3n) is 4.63. The lowest BCUT2D eigenvalue weighted by atomic mass is 10.1. The lowest BCUT2D eigenvalue weighted by molar-refractivity contribution is -0.145. The van der Waals surface area contributed by atoms with Gasteiger partial charge in [-0.15, -0.1) is 12.4 Å². The fourth-order valence-electron chi connectivity index (χ4n) is 2.92. The van der Waals surface area contributed by atoms with Crippen LogP contribution in [0.25, 0.3) is 0 Å². The monoisotopic (exact) mass is 427 g/mol. The first kappa shape index (κ1) is 24.0. The molecule has 28 heavy (non-hydrogen) atoms. The fourth-order valence-corrected chi connectivity index (χ4v) is 6.03. The summed E-state index contributed by atoms with van der Waals surface area (Å²) in [5.41, 5.74) is 6.27. The number of carbonyl (C=O) groups is 1. The molecule has 3 atom stereocenters. The Bertz CT molecular complexity index is 845. The van der Waals surface area contributed by atoms with Crippen molar-refractivity contribution in [1.29, 1.82) is 0 Å². The van der Waals surface area contributed by atoms with Crippen molar-refractivity contribution in [3.63, 3.8) is 0 Å². The molecule has 2 aromatic carbocycles. The minimum Gasteiger partial charge on any atom is -0.497 e. The van der Waals surface area contributed by atoms with Crippen LogP contribution < -0.4 is 25.8 Å². The smallest absolute Gasteiger partial charge is 0.309 e. The molecule has 0 aliphatic carbocycles. The standard InChI is InChI=1S/C20H26NO5P.ClH/c1-14(20(22)26-4)17(21)13-27(23,16-9-7-8-15(12-16)24-2)19-11-6-5-10-18(19)25-3;/h5-12,14,17H,13,21H2,1-4H3;1H. The van der Waals surface area contributed by atoms with Gasteiger partial charge in [-0.05, 0) is 24.3 Å². The number of benzene rings is 2. The van der Waals surface area contributed by atoms with Crippen molar-refractivity contribution in [1.82, 2.24) is 0 Å². The molecule has 0 radical (unpaired) electrons. The van der Waals surface area contributed by atoms with Crippen molar-refractivity contribution in [2.45, 2.75) is 13.0 Å². The van der Waals surface area contributed by atoms with E-state index < -0.39 is 25.1 Å². The molecule has 6 nitrogen and oxygen atoms in total. The molecule has 3 unspecified atom stereocenters. The number of hydrogen-bond acceptors (Lipinski definition) is 6. The van der Waals surface area contributed by atoms with Gasteiger partial charge >= 0.3 is 5.97 Å². The molecule has 0 aromatic heterocycles. The molecule has 0 fully saturated rings. The highest BCUT2D eigenvalue weighted by Gasteiger charge is 2.36. The molecular formula is C20H27ClNO5P. The van der Waals surface area contributed by atoms with Gasteiger partial charge in [0.1, 0.15) is 18.6 Å². The Kier molecular flexibility index (Phi) is 9.02. The second-order valence-corrected chi connectivity index (χ2v) is 9.11. The summed E-state index contributed by atoms with van der Waals surface area (Å²) in [6.07, 6.45) is 0.0941. The topological polar surface area (TPSA) is 87.9 Å². The van der Waals surface area contributed by atoms with Gasteiger partial charge in [0.05, 0.1) is 32.6 Å². The quantitative estimate of drug-likeness (QED) is 0.514. The SMILES string of the molecule is COC(=O)C(C)C(N)CP(=O)(c1cccc(OC)c1)c1ccccc1OC.Cl. The van der Waals surface area contributed by atoms with Crippen molar-refractivity contribution < 1.29 is 23.6 Å². The van der Waals surface area contributed by atoms with Gasteiger partial charge in [0, 0.05) is 17.5 Å². The van der Waals surface area contributed by atoms with Crippen LogP contribution in [-0.2, 0) is 14.1 Å². The second-order valence-electron chi connectivity index (χ2n) is 6.27. The zero-order chi connectivity index (χ0) is 20.0. The molecule has 0 aliphatic heterocycles. The van der Waals surface area contributed by atoms with E-state index in [1.54, 1.807) is 56.5 Å². The van der Waals surface area contributed by atoms with Gasteiger partial charge < -0.3 is 24.5 Å². The van der Waals surface area contributed by atoms with E-state index in [0.717, 1.165) is 0 Å². The lowest BCUT2D eigenvalue weighted by Crippen LogP contribution is -2.39. The van der Waals surface area contributed by atoms with E-state index in [1.807, 2.05) is 6.07 Å². The van der Waals surface area contributed by atoms with E-state index in [-0.39, 0.29) is 18.6 Å². The molecule has 2 rings (SSSR count). The molecule has 0 bridgehead atoms. The number of esters is 1. The number of nitrogens with two attached hydrogens (primary N) is 1. The number of para-hydroxylation sites is 1. The van der Waals surface area contributed by atoms with Crippen molar-refractivity contribution >= 4 is 36.1 Å². The fraction of sp³-hybridized carbons (Fsp3) is 0.350. The third kappa shape index (κ3) is 5.07. The average Bonchev–Trinajstić information content (AvgIpc) is 2.72. The summed E-state index contributed by atoms with van der Waals surface area (Å²) < 4.78 is 29.8. The molecule has 2 N–H and O–H groups in total.